The Bertz CT molecular complexity index is 1000. The molecule has 0 aromatic heterocycles. The van der Waals surface area contributed by atoms with Crippen molar-refractivity contribution in [2.24, 2.45) is 0 Å². The lowest BCUT2D eigenvalue weighted by molar-refractivity contribution is -0.173. The third kappa shape index (κ3) is 6.55. The average molecular weight is 463 g/mol. The minimum Gasteiger partial charge on any atom is -0.378 e. The number of benzene rings is 2. The van der Waals surface area contributed by atoms with Crippen LogP contribution in [0.5, 0.6) is 0 Å². The quantitative estimate of drug-likeness (QED) is 0.667. The molecule has 1 aliphatic rings. The van der Waals surface area contributed by atoms with Gasteiger partial charge >= 0.3 is 18.1 Å². The van der Waals surface area contributed by atoms with E-state index in [1.54, 1.807) is 27.2 Å². The van der Waals surface area contributed by atoms with Gasteiger partial charge in [-0.25, -0.2) is 4.79 Å². The van der Waals surface area contributed by atoms with Crippen LogP contribution in [0.4, 0.5) is 23.7 Å². The van der Waals surface area contributed by atoms with E-state index in [4.69, 9.17) is 4.74 Å². The Labute approximate surface area is 189 Å². The van der Waals surface area contributed by atoms with Gasteiger partial charge in [0, 0.05) is 24.3 Å². The standard InChI is InChI=1S/C23H24F3N3O4/c1-16-3-2-4-19(13-16)29(22(32)28-9-11-33-12-10-28)15-17-5-7-18(8-6-17)20(30)14-27-21(31)23(24,25)26/h2-8,13H,9-12,14-15H2,1H3,(H,27,31). The molecule has 3 amide bonds. The molecule has 2 aromatic rings. The van der Waals surface area contributed by atoms with Gasteiger partial charge in [0.2, 0.25) is 0 Å². The summed E-state index contributed by atoms with van der Waals surface area (Å²) in [5.41, 5.74) is 2.60. The Balaban J connectivity index is 1.72. The van der Waals surface area contributed by atoms with Crippen molar-refractivity contribution < 1.29 is 32.3 Å². The zero-order valence-corrected chi connectivity index (χ0v) is 18.0. The average Bonchev–Trinajstić information content (AvgIpc) is 2.80. The molecule has 0 radical (unpaired) electrons. The van der Waals surface area contributed by atoms with Crippen LogP contribution >= 0.6 is 0 Å². The molecule has 0 atom stereocenters. The highest BCUT2D eigenvalue weighted by molar-refractivity contribution is 5.99. The number of rotatable bonds is 6. The first kappa shape index (κ1) is 24.2. The van der Waals surface area contributed by atoms with Gasteiger partial charge in [-0.05, 0) is 30.2 Å². The molecule has 1 fully saturated rings. The number of nitrogens with zero attached hydrogens (tertiary/aromatic N) is 2. The first-order valence-corrected chi connectivity index (χ1v) is 10.3. The highest BCUT2D eigenvalue weighted by Gasteiger charge is 2.38. The topological polar surface area (TPSA) is 79.0 Å². The summed E-state index contributed by atoms with van der Waals surface area (Å²) in [6, 6.07) is 13.6. The molecule has 1 N–H and O–H groups in total. The largest absolute Gasteiger partial charge is 0.471 e. The van der Waals surface area contributed by atoms with Crippen molar-refractivity contribution in [3.05, 3.63) is 65.2 Å². The smallest absolute Gasteiger partial charge is 0.378 e. The van der Waals surface area contributed by atoms with Crippen LogP contribution in [0, 0.1) is 6.92 Å². The summed E-state index contributed by atoms with van der Waals surface area (Å²) in [7, 11) is 0. The van der Waals surface area contributed by atoms with Gasteiger partial charge in [0.25, 0.3) is 0 Å². The number of carbonyl (C=O) groups excluding carboxylic acids is 3. The van der Waals surface area contributed by atoms with Gasteiger partial charge in [0.15, 0.2) is 5.78 Å². The highest BCUT2D eigenvalue weighted by atomic mass is 19.4. The number of morpholine rings is 1. The normalized spacial score (nSPS) is 14.0. The molecule has 1 heterocycles. The molecule has 1 aliphatic heterocycles. The number of aryl methyl sites for hydroxylation is 1. The molecule has 2 aromatic carbocycles. The summed E-state index contributed by atoms with van der Waals surface area (Å²) in [4.78, 5) is 39.6. The third-order valence-electron chi connectivity index (χ3n) is 5.11. The van der Waals surface area contributed by atoms with E-state index in [1.165, 1.54) is 12.1 Å². The van der Waals surface area contributed by atoms with E-state index < -0.39 is 24.4 Å². The van der Waals surface area contributed by atoms with E-state index in [1.807, 2.05) is 31.2 Å². The number of alkyl halides is 3. The molecule has 0 saturated carbocycles. The van der Waals surface area contributed by atoms with Crippen molar-refractivity contribution in [3.8, 4) is 0 Å². The van der Waals surface area contributed by atoms with Gasteiger partial charge in [-0.15, -0.1) is 0 Å². The van der Waals surface area contributed by atoms with Crippen molar-refractivity contribution in [1.29, 1.82) is 0 Å². The second kappa shape index (κ2) is 10.5. The molecule has 0 spiro atoms. The first-order valence-electron chi connectivity index (χ1n) is 10.3. The predicted octanol–water partition coefficient (Wildman–Crippen LogP) is 3.32. The summed E-state index contributed by atoms with van der Waals surface area (Å²) in [5, 5.41) is 1.56. The number of ether oxygens (including phenoxy) is 1. The van der Waals surface area contributed by atoms with Gasteiger partial charge < -0.3 is 15.0 Å². The van der Waals surface area contributed by atoms with Crippen molar-refractivity contribution in [1.82, 2.24) is 10.2 Å². The molecule has 10 heteroatoms. The van der Waals surface area contributed by atoms with Crippen LogP contribution in [-0.4, -0.2) is 61.6 Å². The van der Waals surface area contributed by atoms with E-state index in [0.29, 0.717) is 26.3 Å². The molecule has 3 rings (SSSR count). The lowest BCUT2D eigenvalue weighted by atomic mass is 10.1. The van der Waals surface area contributed by atoms with Gasteiger partial charge in [-0.3, -0.25) is 14.5 Å². The summed E-state index contributed by atoms with van der Waals surface area (Å²) in [6.07, 6.45) is -5.05. The van der Waals surface area contributed by atoms with Crippen LogP contribution in [0.25, 0.3) is 0 Å². The zero-order valence-electron chi connectivity index (χ0n) is 18.0. The molecule has 7 nitrogen and oxygen atoms in total. The summed E-state index contributed by atoms with van der Waals surface area (Å²) >= 11 is 0. The minimum atomic E-state index is -5.05. The maximum absolute atomic E-state index is 13.2. The maximum Gasteiger partial charge on any atom is 0.471 e. The summed E-state index contributed by atoms with van der Waals surface area (Å²) in [5.74, 6) is -2.82. The van der Waals surface area contributed by atoms with Gasteiger partial charge in [0.05, 0.1) is 26.3 Å². The van der Waals surface area contributed by atoms with E-state index in [2.05, 4.69) is 0 Å². The number of amides is 3. The molecular formula is C23H24F3N3O4. The fourth-order valence-corrected chi connectivity index (χ4v) is 3.33. The van der Waals surface area contributed by atoms with E-state index in [-0.39, 0.29) is 18.1 Å². The van der Waals surface area contributed by atoms with Crippen LogP contribution < -0.4 is 10.2 Å². The Morgan fingerprint density at radius 3 is 2.33 bits per heavy atom. The fraction of sp³-hybridized carbons (Fsp3) is 0.348. The molecule has 0 bridgehead atoms. The second-order valence-electron chi connectivity index (χ2n) is 7.61. The van der Waals surface area contributed by atoms with Crippen molar-refractivity contribution in [2.45, 2.75) is 19.6 Å². The summed E-state index contributed by atoms with van der Waals surface area (Å²) < 4.78 is 42.2. The SMILES string of the molecule is Cc1cccc(N(Cc2ccc(C(=O)CNC(=O)C(F)(F)F)cc2)C(=O)N2CCOCC2)c1. The Morgan fingerprint density at radius 1 is 1.06 bits per heavy atom. The Hall–Kier alpha value is -3.40. The van der Waals surface area contributed by atoms with E-state index >= 15 is 0 Å². The molecule has 176 valence electrons. The third-order valence-corrected chi connectivity index (χ3v) is 5.11. The van der Waals surface area contributed by atoms with Crippen LogP contribution in [0.2, 0.25) is 0 Å². The number of hydrogen-bond acceptors (Lipinski definition) is 4. The van der Waals surface area contributed by atoms with Crippen LogP contribution in [0.1, 0.15) is 21.5 Å². The number of ketones is 1. The van der Waals surface area contributed by atoms with Crippen LogP contribution in [-0.2, 0) is 16.1 Å². The second-order valence-corrected chi connectivity index (χ2v) is 7.61. The van der Waals surface area contributed by atoms with Gasteiger partial charge in [-0.2, -0.15) is 13.2 Å². The predicted molar refractivity (Wildman–Crippen MR) is 115 cm³/mol. The Kier molecular flexibility index (Phi) is 7.70. The monoisotopic (exact) mass is 463 g/mol. The molecule has 33 heavy (non-hydrogen) atoms. The number of anilines is 1. The van der Waals surface area contributed by atoms with Crippen molar-refractivity contribution in [3.63, 3.8) is 0 Å². The highest BCUT2D eigenvalue weighted by Crippen LogP contribution is 2.22. The van der Waals surface area contributed by atoms with Gasteiger partial charge in [0.1, 0.15) is 0 Å². The Morgan fingerprint density at radius 2 is 1.73 bits per heavy atom. The van der Waals surface area contributed by atoms with E-state index in [9.17, 15) is 27.6 Å². The molecule has 1 saturated heterocycles. The van der Waals surface area contributed by atoms with Crippen LogP contribution in [0.3, 0.4) is 0 Å². The number of hydrogen-bond donors (Lipinski definition) is 1. The van der Waals surface area contributed by atoms with E-state index in [0.717, 1.165) is 16.8 Å². The lowest BCUT2D eigenvalue weighted by Crippen LogP contribution is -2.48. The summed E-state index contributed by atoms with van der Waals surface area (Å²) in [6.45, 7) is 3.31. The zero-order chi connectivity index (χ0) is 24.0. The maximum atomic E-state index is 13.2. The molecule has 0 aliphatic carbocycles. The number of halogens is 3. The minimum absolute atomic E-state index is 0.155. The number of urea groups is 1. The molecular weight excluding hydrogens is 439 g/mol. The number of carbonyl (C=O) groups is 3. The molecule has 0 unspecified atom stereocenters. The fourth-order valence-electron chi connectivity index (χ4n) is 3.33. The lowest BCUT2D eigenvalue weighted by Gasteiger charge is -2.33. The van der Waals surface area contributed by atoms with Crippen LogP contribution in [0.15, 0.2) is 48.5 Å². The number of Topliss-reactive ketones (excluding diaryl/α,β-unsaturated/α-hetero) is 1. The van der Waals surface area contributed by atoms with Gasteiger partial charge in [-0.1, -0.05) is 36.4 Å². The van der Waals surface area contributed by atoms with Crippen molar-refractivity contribution >= 4 is 23.4 Å². The van der Waals surface area contributed by atoms with Crippen molar-refractivity contribution in [2.75, 3.05) is 37.7 Å². The number of nitrogens with one attached hydrogen (secondary N) is 1. The first-order chi connectivity index (χ1) is 15.6.